The van der Waals surface area contributed by atoms with Crippen LogP contribution in [0, 0.1) is 5.92 Å². The lowest BCUT2D eigenvalue weighted by Gasteiger charge is -2.32. The van der Waals surface area contributed by atoms with Crippen LogP contribution in [0.4, 0.5) is 5.69 Å². The number of sulfonamides is 1. The van der Waals surface area contributed by atoms with Gasteiger partial charge in [0, 0.05) is 23.6 Å². The van der Waals surface area contributed by atoms with E-state index in [1.807, 2.05) is 38.1 Å². The fourth-order valence-electron chi connectivity index (χ4n) is 3.41. The molecule has 0 saturated carbocycles. The standard InChI is InChI=1S/C25H34BrN3O6S/c1-17(2)14-27-25(31)18(3)28(15-19-7-9-20(26)10-8-19)24(30)16-29(36(6,32)33)22-13-21(34-4)11-12-23(22)35-5/h7-13,17-18H,14-16H2,1-6H3,(H,27,31)/t18-/m0/s1. The van der Waals surface area contributed by atoms with Crippen molar-refractivity contribution in [3.63, 3.8) is 0 Å². The average Bonchev–Trinajstić information content (AvgIpc) is 2.83. The van der Waals surface area contributed by atoms with Gasteiger partial charge in [-0.2, -0.15) is 0 Å². The Hall–Kier alpha value is -2.79. The molecule has 0 bridgehead atoms. The Morgan fingerprint density at radius 2 is 1.67 bits per heavy atom. The van der Waals surface area contributed by atoms with Crippen molar-refractivity contribution >= 4 is 43.5 Å². The van der Waals surface area contributed by atoms with Crippen molar-refractivity contribution in [2.45, 2.75) is 33.4 Å². The van der Waals surface area contributed by atoms with E-state index in [1.165, 1.54) is 25.2 Å². The van der Waals surface area contributed by atoms with Crippen LogP contribution < -0.4 is 19.1 Å². The highest BCUT2D eigenvalue weighted by atomic mass is 79.9. The molecule has 1 N–H and O–H groups in total. The summed E-state index contributed by atoms with van der Waals surface area (Å²) in [5, 5.41) is 2.85. The van der Waals surface area contributed by atoms with Crippen LogP contribution in [0.15, 0.2) is 46.9 Å². The van der Waals surface area contributed by atoms with Crippen LogP contribution in [-0.2, 0) is 26.2 Å². The average molecular weight is 585 g/mol. The van der Waals surface area contributed by atoms with Crippen LogP contribution in [0.2, 0.25) is 0 Å². The van der Waals surface area contributed by atoms with E-state index in [2.05, 4.69) is 21.2 Å². The third kappa shape index (κ3) is 8.12. The lowest BCUT2D eigenvalue weighted by molar-refractivity contribution is -0.139. The quantitative estimate of drug-likeness (QED) is 0.410. The van der Waals surface area contributed by atoms with Crippen molar-refractivity contribution in [3.05, 3.63) is 52.5 Å². The normalized spacial score (nSPS) is 12.1. The Balaban J connectivity index is 2.45. The van der Waals surface area contributed by atoms with Gasteiger partial charge in [0.15, 0.2) is 0 Å². The number of nitrogens with one attached hydrogen (secondary N) is 1. The summed E-state index contributed by atoms with van der Waals surface area (Å²) in [6, 6.07) is 11.2. The number of hydrogen-bond donors (Lipinski definition) is 1. The third-order valence-electron chi connectivity index (χ3n) is 5.45. The maximum atomic E-state index is 13.6. The van der Waals surface area contributed by atoms with Crippen molar-refractivity contribution in [2.75, 3.05) is 37.9 Å². The molecule has 9 nitrogen and oxygen atoms in total. The van der Waals surface area contributed by atoms with Crippen molar-refractivity contribution in [1.29, 1.82) is 0 Å². The maximum absolute atomic E-state index is 13.6. The summed E-state index contributed by atoms with van der Waals surface area (Å²) in [6.45, 7) is 5.63. The SMILES string of the molecule is COc1ccc(OC)c(N(CC(=O)N(Cc2ccc(Br)cc2)[C@@H](C)C(=O)NCC(C)C)S(C)(=O)=O)c1. The first kappa shape index (κ1) is 29.4. The second kappa shape index (κ2) is 13.0. The molecule has 0 aliphatic carbocycles. The summed E-state index contributed by atoms with van der Waals surface area (Å²) in [5.41, 5.74) is 0.952. The molecular weight excluding hydrogens is 550 g/mol. The minimum atomic E-state index is -3.91. The van der Waals surface area contributed by atoms with Crippen molar-refractivity contribution in [1.82, 2.24) is 10.2 Å². The first-order valence-electron chi connectivity index (χ1n) is 11.4. The molecule has 0 unspecified atom stereocenters. The number of benzene rings is 2. The Bertz CT molecular complexity index is 1150. The second-order valence-corrected chi connectivity index (χ2v) is 11.6. The minimum absolute atomic E-state index is 0.120. The van der Waals surface area contributed by atoms with Gasteiger partial charge >= 0.3 is 0 Å². The van der Waals surface area contributed by atoms with Crippen LogP contribution in [0.25, 0.3) is 0 Å². The topological polar surface area (TPSA) is 105 Å². The van der Waals surface area contributed by atoms with E-state index in [9.17, 15) is 18.0 Å². The Morgan fingerprint density at radius 3 is 2.19 bits per heavy atom. The van der Waals surface area contributed by atoms with E-state index >= 15 is 0 Å². The number of rotatable bonds is 12. The highest BCUT2D eigenvalue weighted by molar-refractivity contribution is 9.10. The molecule has 0 heterocycles. The molecule has 0 radical (unpaired) electrons. The summed E-state index contributed by atoms with van der Waals surface area (Å²) in [5.74, 6) is 0.0359. The largest absolute Gasteiger partial charge is 0.497 e. The van der Waals surface area contributed by atoms with E-state index in [4.69, 9.17) is 9.47 Å². The molecule has 2 aromatic carbocycles. The number of amides is 2. The number of hydrogen-bond acceptors (Lipinski definition) is 6. The van der Waals surface area contributed by atoms with Crippen molar-refractivity contribution in [3.8, 4) is 11.5 Å². The van der Waals surface area contributed by atoms with Gasteiger partial charge in [0.1, 0.15) is 24.1 Å². The fraction of sp³-hybridized carbons (Fsp3) is 0.440. The molecule has 11 heteroatoms. The molecule has 2 amide bonds. The minimum Gasteiger partial charge on any atom is -0.497 e. The van der Waals surface area contributed by atoms with Gasteiger partial charge in [-0.3, -0.25) is 13.9 Å². The monoisotopic (exact) mass is 583 g/mol. The van der Waals surface area contributed by atoms with Gasteiger partial charge in [-0.25, -0.2) is 8.42 Å². The molecule has 0 aliphatic heterocycles. The van der Waals surface area contributed by atoms with Crippen LogP contribution in [0.1, 0.15) is 26.3 Å². The summed E-state index contributed by atoms with van der Waals surface area (Å²) in [7, 11) is -1.04. The Labute approximate surface area is 221 Å². The number of carbonyl (C=O) groups excluding carboxylic acids is 2. The number of methoxy groups -OCH3 is 2. The first-order chi connectivity index (χ1) is 16.9. The fourth-order valence-corrected chi connectivity index (χ4v) is 4.52. The van der Waals surface area contributed by atoms with Crippen LogP contribution in [0.3, 0.4) is 0 Å². The van der Waals surface area contributed by atoms with Gasteiger partial charge in [-0.1, -0.05) is 41.9 Å². The van der Waals surface area contributed by atoms with Gasteiger partial charge in [-0.15, -0.1) is 0 Å². The third-order valence-corrected chi connectivity index (χ3v) is 7.11. The zero-order valence-electron chi connectivity index (χ0n) is 21.4. The molecular formula is C25H34BrN3O6S. The Morgan fingerprint density at radius 1 is 1.03 bits per heavy atom. The predicted octanol–water partition coefficient (Wildman–Crippen LogP) is 3.42. The molecule has 0 fully saturated rings. The van der Waals surface area contributed by atoms with Gasteiger partial charge in [0.2, 0.25) is 21.8 Å². The number of halogens is 1. The predicted molar refractivity (Wildman–Crippen MR) is 144 cm³/mol. The van der Waals surface area contributed by atoms with Crippen molar-refractivity contribution in [2.24, 2.45) is 5.92 Å². The lowest BCUT2D eigenvalue weighted by Crippen LogP contribution is -2.51. The molecule has 198 valence electrons. The smallest absolute Gasteiger partial charge is 0.244 e. The summed E-state index contributed by atoms with van der Waals surface area (Å²) in [4.78, 5) is 27.9. The number of anilines is 1. The van der Waals surface area contributed by atoms with E-state index in [0.717, 1.165) is 20.6 Å². The molecule has 0 saturated heterocycles. The molecule has 1 atom stereocenters. The maximum Gasteiger partial charge on any atom is 0.244 e. The number of carbonyl (C=O) groups is 2. The zero-order chi connectivity index (χ0) is 27.0. The van der Waals surface area contributed by atoms with E-state index in [1.54, 1.807) is 19.1 Å². The second-order valence-electron chi connectivity index (χ2n) is 8.77. The van der Waals surface area contributed by atoms with Crippen molar-refractivity contribution < 1.29 is 27.5 Å². The van der Waals surface area contributed by atoms with Gasteiger partial charge in [-0.05, 0) is 42.7 Å². The van der Waals surface area contributed by atoms with Gasteiger partial charge in [0.05, 0.1) is 26.2 Å². The Kier molecular flexibility index (Phi) is 10.6. The zero-order valence-corrected chi connectivity index (χ0v) is 23.9. The van der Waals surface area contributed by atoms with Gasteiger partial charge < -0.3 is 19.7 Å². The molecule has 0 aromatic heterocycles. The van der Waals surface area contributed by atoms with Crippen LogP contribution in [-0.4, -0.2) is 64.7 Å². The van der Waals surface area contributed by atoms with Crippen LogP contribution >= 0.6 is 15.9 Å². The number of ether oxygens (including phenoxy) is 2. The van der Waals surface area contributed by atoms with E-state index in [0.29, 0.717) is 12.3 Å². The number of nitrogens with zero attached hydrogens (tertiary/aromatic N) is 2. The van der Waals surface area contributed by atoms with E-state index < -0.39 is 28.5 Å². The first-order valence-corrected chi connectivity index (χ1v) is 14.0. The summed E-state index contributed by atoms with van der Waals surface area (Å²) >= 11 is 3.39. The lowest BCUT2D eigenvalue weighted by atomic mass is 10.1. The summed E-state index contributed by atoms with van der Waals surface area (Å²) in [6.07, 6.45) is 1.01. The molecule has 36 heavy (non-hydrogen) atoms. The molecule has 2 aromatic rings. The molecule has 0 aliphatic rings. The molecule has 0 spiro atoms. The van der Waals surface area contributed by atoms with Gasteiger partial charge in [0.25, 0.3) is 0 Å². The van der Waals surface area contributed by atoms with Crippen LogP contribution in [0.5, 0.6) is 11.5 Å². The highest BCUT2D eigenvalue weighted by Crippen LogP contribution is 2.34. The highest BCUT2D eigenvalue weighted by Gasteiger charge is 2.31. The van der Waals surface area contributed by atoms with E-state index in [-0.39, 0.29) is 29.8 Å². The summed E-state index contributed by atoms with van der Waals surface area (Å²) < 4.78 is 38.1. The molecule has 2 rings (SSSR count).